The molecule has 0 aliphatic carbocycles. The van der Waals surface area contributed by atoms with Crippen molar-refractivity contribution in [1.82, 2.24) is 10.1 Å². The number of benzene rings is 2. The van der Waals surface area contributed by atoms with Crippen LogP contribution in [0.5, 0.6) is 0 Å². The van der Waals surface area contributed by atoms with Crippen LogP contribution in [0.15, 0.2) is 59.1 Å². The van der Waals surface area contributed by atoms with Gasteiger partial charge >= 0.3 is 5.97 Å². The van der Waals surface area contributed by atoms with E-state index >= 15 is 0 Å². The Balaban J connectivity index is 1.56. The minimum absolute atomic E-state index is 0.347. The molecule has 0 saturated heterocycles. The predicted molar refractivity (Wildman–Crippen MR) is 113 cm³/mol. The molecular formula is C23H25N3O3. The summed E-state index contributed by atoms with van der Waals surface area (Å²) in [6.07, 6.45) is 3.14. The lowest BCUT2D eigenvalue weighted by atomic mass is 10.0. The lowest BCUT2D eigenvalue weighted by Crippen LogP contribution is -2.00. The van der Waals surface area contributed by atoms with E-state index in [2.05, 4.69) is 41.4 Å². The lowest BCUT2D eigenvalue weighted by Gasteiger charge is -2.04. The van der Waals surface area contributed by atoms with Gasteiger partial charge in [-0.2, -0.15) is 4.98 Å². The van der Waals surface area contributed by atoms with Gasteiger partial charge in [0.1, 0.15) is 0 Å². The van der Waals surface area contributed by atoms with Crippen LogP contribution in [-0.4, -0.2) is 22.7 Å². The highest BCUT2D eigenvalue weighted by atomic mass is 16.5. The van der Waals surface area contributed by atoms with Crippen LogP contribution in [0.3, 0.4) is 0 Å². The van der Waals surface area contributed by atoms with Gasteiger partial charge in [-0.1, -0.05) is 55.4 Å². The van der Waals surface area contributed by atoms with Crippen LogP contribution in [0, 0.1) is 0 Å². The summed E-state index contributed by atoms with van der Waals surface area (Å²) in [5.74, 6) is 1.23. The molecule has 3 aromatic rings. The zero-order valence-electron chi connectivity index (χ0n) is 16.9. The molecular weight excluding hydrogens is 366 g/mol. The normalized spacial score (nSPS) is 11.2. The van der Waals surface area contributed by atoms with Gasteiger partial charge in [-0.3, -0.25) is 0 Å². The predicted octanol–water partition coefficient (Wildman–Crippen LogP) is 5.05. The zero-order valence-corrected chi connectivity index (χ0v) is 16.9. The van der Waals surface area contributed by atoms with Crippen molar-refractivity contribution < 1.29 is 14.1 Å². The first-order chi connectivity index (χ1) is 14.0. The van der Waals surface area contributed by atoms with Crippen LogP contribution in [0.25, 0.3) is 17.5 Å². The molecule has 0 saturated carbocycles. The molecule has 29 heavy (non-hydrogen) atoms. The van der Waals surface area contributed by atoms with Gasteiger partial charge in [0.05, 0.1) is 13.2 Å². The van der Waals surface area contributed by atoms with Gasteiger partial charge < -0.3 is 14.6 Å². The van der Waals surface area contributed by atoms with E-state index in [1.54, 1.807) is 13.0 Å². The summed E-state index contributed by atoms with van der Waals surface area (Å²) in [5, 5.41) is 7.31. The number of hydrogen-bond donors (Lipinski definition) is 1. The Bertz CT molecular complexity index is 958. The number of esters is 1. The first kappa shape index (κ1) is 20.3. The van der Waals surface area contributed by atoms with Gasteiger partial charge in [-0.15, -0.1) is 0 Å². The van der Waals surface area contributed by atoms with Crippen LogP contribution in [0.2, 0.25) is 0 Å². The molecule has 6 nitrogen and oxygen atoms in total. The Morgan fingerprint density at radius 2 is 1.86 bits per heavy atom. The Morgan fingerprint density at radius 1 is 1.14 bits per heavy atom. The average Bonchev–Trinajstić information content (AvgIpc) is 3.21. The van der Waals surface area contributed by atoms with E-state index in [9.17, 15) is 4.79 Å². The van der Waals surface area contributed by atoms with Crippen LogP contribution >= 0.6 is 0 Å². The largest absolute Gasteiger partial charge is 0.463 e. The number of nitrogens with one attached hydrogen (secondary N) is 1. The zero-order chi connectivity index (χ0) is 20.6. The monoisotopic (exact) mass is 391 g/mol. The third kappa shape index (κ3) is 5.78. The molecule has 0 radical (unpaired) electrons. The number of rotatable bonds is 8. The summed E-state index contributed by atoms with van der Waals surface area (Å²) in [7, 11) is 0. The minimum Gasteiger partial charge on any atom is -0.463 e. The van der Waals surface area contributed by atoms with Gasteiger partial charge in [0.25, 0.3) is 0 Å². The van der Waals surface area contributed by atoms with Gasteiger partial charge in [0, 0.05) is 17.3 Å². The maximum absolute atomic E-state index is 11.3. The third-order valence-corrected chi connectivity index (χ3v) is 4.36. The molecule has 2 aromatic carbocycles. The number of carbonyl (C=O) groups excluding carboxylic acids is 1. The first-order valence-electron chi connectivity index (χ1n) is 9.67. The highest BCUT2D eigenvalue weighted by Gasteiger charge is 2.09. The molecule has 1 aromatic heterocycles. The molecule has 0 unspecified atom stereocenters. The van der Waals surface area contributed by atoms with Crippen molar-refractivity contribution in [2.24, 2.45) is 0 Å². The Morgan fingerprint density at radius 3 is 2.52 bits per heavy atom. The average molecular weight is 391 g/mol. The number of anilines is 1. The SMILES string of the molecule is CCOC(=O)C=Cc1ccc(NCc2nc(-c3ccc(C(C)C)cc3)no2)cc1. The fourth-order valence-electron chi connectivity index (χ4n) is 2.71. The maximum Gasteiger partial charge on any atom is 0.330 e. The van der Waals surface area contributed by atoms with Crippen LogP contribution in [0.1, 0.15) is 43.7 Å². The molecule has 0 spiro atoms. The Hall–Kier alpha value is -3.41. The fraction of sp³-hybridized carbons (Fsp3) is 0.261. The molecule has 0 aliphatic heterocycles. The summed E-state index contributed by atoms with van der Waals surface area (Å²) < 4.78 is 10.2. The molecule has 0 bridgehead atoms. The van der Waals surface area contributed by atoms with Gasteiger partial charge in [-0.05, 0) is 42.2 Å². The van der Waals surface area contributed by atoms with Crippen molar-refractivity contribution >= 4 is 17.7 Å². The molecule has 1 heterocycles. The number of aromatic nitrogens is 2. The van der Waals surface area contributed by atoms with Crippen LogP contribution < -0.4 is 5.32 Å². The van der Waals surface area contributed by atoms with E-state index in [1.807, 2.05) is 36.4 Å². The second-order valence-corrected chi connectivity index (χ2v) is 6.85. The summed E-state index contributed by atoms with van der Waals surface area (Å²) in [6.45, 7) is 6.90. The molecule has 6 heteroatoms. The molecule has 0 amide bonds. The van der Waals surface area contributed by atoms with Crippen molar-refractivity contribution in [2.45, 2.75) is 33.2 Å². The van der Waals surface area contributed by atoms with Crippen molar-refractivity contribution in [3.05, 3.63) is 71.6 Å². The van der Waals surface area contributed by atoms with E-state index in [0.717, 1.165) is 16.8 Å². The number of ether oxygens (including phenoxy) is 1. The summed E-state index contributed by atoms with van der Waals surface area (Å²) in [6, 6.07) is 15.9. The van der Waals surface area contributed by atoms with Crippen LogP contribution in [-0.2, 0) is 16.1 Å². The topological polar surface area (TPSA) is 77.2 Å². The van der Waals surface area contributed by atoms with Crippen molar-refractivity contribution in [1.29, 1.82) is 0 Å². The minimum atomic E-state index is -0.347. The maximum atomic E-state index is 11.3. The smallest absolute Gasteiger partial charge is 0.330 e. The van der Waals surface area contributed by atoms with E-state index in [-0.39, 0.29) is 5.97 Å². The number of carbonyl (C=O) groups is 1. The molecule has 150 valence electrons. The van der Waals surface area contributed by atoms with E-state index in [4.69, 9.17) is 9.26 Å². The van der Waals surface area contributed by atoms with E-state index in [0.29, 0.717) is 30.8 Å². The number of hydrogen-bond acceptors (Lipinski definition) is 6. The summed E-state index contributed by atoms with van der Waals surface area (Å²) >= 11 is 0. The highest BCUT2D eigenvalue weighted by molar-refractivity contribution is 5.87. The van der Waals surface area contributed by atoms with Gasteiger partial charge in [0.2, 0.25) is 11.7 Å². The molecule has 3 rings (SSSR count). The summed E-state index contributed by atoms with van der Waals surface area (Å²) in [4.78, 5) is 15.8. The second-order valence-electron chi connectivity index (χ2n) is 6.85. The molecule has 1 N–H and O–H groups in total. The van der Waals surface area contributed by atoms with Crippen molar-refractivity contribution in [2.75, 3.05) is 11.9 Å². The first-order valence-corrected chi connectivity index (χ1v) is 9.67. The lowest BCUT2D eigenvalue weighted by molar-refractivity contribution is -0.137. The number of nitrogens with zero attached hydrogens (tertiary/aromatic N) is 2. The Labute approximate surface area is 170 Å². The second kappa shape index (κ2) is 9.68. The van der Waals surface area contributed by atoms with Crippen molar-refractivity contribution in [3.63, 3.8) is 0 Å². The molecule has 0 aliphatic rings. The van der Waals surface area contributed by atoms with E-state index < -0.39 is 0 Å². The molecule has 0 atom stereocenters. The van der Waals surface area contributed by atoms with Gasteiger partial charge in [-0.25, -0.2) is 4.79 Å². The molecule has 0 fully saturated rings. The van der Waals surface area contributed by atoms with E-state index in [1.165, 1.54) is 11.6 Å². The van der Waals surface area contributed by atoms with Crippen LogP contribution in [0.4, 0.5) is 5.69 Å². The quantitative estimate of drug-likeness (QED) is 0.428. The summed E-state index contributed by atoms with van der Waals surface area (Å²) in [5.41, 5.74) is 4.04. The Kier molecular flexibility index (Phi) is 6.79. The standard InChI is InChI=1S/C23H25N3O3/c1-4-28-22(27)14-7-17-5-12-20(13-6-17)24-15-21-25-23(26-29-21)19-10-8-18(9-11-19)16(2)3/h5-14,16,24H,4,15H2,1-3H3. The third-order valence-electron chi connectivity index (χ3n) is 4.36. The van der Waals surface area contributed by atoms with Gasteiger partial charge in [0.15, 0.2) is 0 Å². The highest BCUT2D eigenvalue weighted by Crippen LogP contribution is 2.21. The van der Waals surface area contributed by atoms with Crippen molar-refractivity contribution in [3.8, 4) is 11.4 Å². The fourth-order valence-corrected chi connectivity index (χ4v) is 2.71.